The van der Waals surface area contributed by atoms with Crippen LogP contribution < -0.4 is 4.74 Å². The number of hydrogen-bond acceptors (Lipinski definition) is 5. The Labute approximate surface area is 134 Å². The normalized spacial score (nSPS) is 11.4. The van der Waals surface area contributed by atoms with Crippen molar-refractivity contribution < 1.29 is 13.2 Å². The van der Waals surface area contributed by atoms with Crippen molar-refractivity contribution in [1.82, 2.24) is 14.8 Å². The number of sulfone groups is 1. The molecular weight excluding hydrogens is 314 g/mol. The molecule has 0 fully saturated rings. The zero-order valence-corrected chi connectivity index (χ0v) is 13.5. The fraction of sp³-hybridized carbons (Fsp3) is 0.125. The van der Waals surface area contributed by atoms with Gasteiger partial charge >= 0.3 is 6.01 Å². The van der Waals surface area contributed by atoms with Gasteiger partial charge in [0.25, 0.3) is 0 Å². The molecule has 0 atom stereocenters. The Morgan fingerprint density at radius 1 is 1.00 bits per heavy atom. The Kier molecular flexibility index (Phi) is 3.87. The maximum atomic E-state index is 11.6. The van der Waals surface area contributed by atoms with Crippen molar-refractivity contribution in [2.75, 3.05) is 13.4 Å². The SMILES string of the molecule is COc1nc(-c2ccccc2)n(-c2ccc(S(C)(=O)=O)cc2)n1. The molecule has 3 aromatic rings. The van der Waals surface area contributed by atoms with Crippen molar-refractivity contribution >= 4 is 9.84 Å². The van der Waals surface area contributed by atoms with E-state index in [9.17, 15) is 8.42 Å². The van der Waals surface area contributed by atoms with E-state index in [1.165, 1.54) is 13.4 Å². The molecule has 0 saturated heterocycles. The van der Waals surface area contributed by atoms with E-state index in [4.69, 9.17) is 4.74 Å². The molecule has 0 aliphatic carbocycles. The Morgan fingerprint density at radius 3 is 2.22 bits per heavy atom. The number of nitrogens with zero attached hydrogens (tertiary/aromatic N) is 3. The third-order valence-corrected chi connectivity index (χ3v) is 4.44. The van der Waals surface area contributed by atoms with Gasteiger partial charge in [0.2, 0.25) is 0 Å². The Balaban J connectivity index is 2.11. The molecule has 6 nitrogen and oxygen atoms in total. The third-order valence-electron chi connectivity index (χ3n) is 3.31. The van der Waals surface area contributed by atoms with Crippen LogP contribution in [0.5, 0.6) is 6.01 Å². The summed E-state index contributed by atoms with van der Waals surface area (Å²) < 4.78 is 29.9. The van der Waals surface area contributed by atoms with Crippen molar-refractivity contribution in [3.05, 3.63) is 54.6 Å². The summed E-state index contributed by atoms with van der Waals surface area (Å²) in [5, 5.41) is 4.30. The molecule has 0 spiro atoms. The van der Waals surface area contributed by atoms with Gasteiger partial charge in [0, 0.05) is 11.8 Å². The summed E-state index contributed by atoms with van der Waals surface area (Å²) in [4.78, 5) is 4.62. The molecule has 23 heavy (non-hydrogen) atoms. The maximum absolute atomic E-state index is 11.6. The second kappa shape index (κ2) is 5.85. The lowest BCUT2D eigenvalue weighted by molar-refractivity contribution is 0.380. The van der Waals surface area contributed by atoms with E-state index in [1.807, 2.05) is 30.3 Å². The van der Waals surface area contributed by atoms with Gasteiger partial charge in [0.05, 0.1) is 17.7 Å². The van der Waals surface area contributed by atoms with E-state index < -0.39 is 9.84 Å². The molecule has 0 saturated carbocycles. The molecule has 0 unspecified atom stereocenters. The number of ether oxygens (including phenoxy) is 1. The van der Waals surface area contributed by atoms with Gasteiger partial charge in [-0.1, -0.05) is 30.3 Å². The Morgan fingerprint density at radius 2 is 1.65 bits per heavy atom. The smallest absolute Gasteiger partial charge is 0.336 e. The highest BCUT2D eigenvalue weighted by molar-refractivity contribution is 7.90. The number of benzene rings is 2. The molecule has 2 aromatic carbocycles. The number of rotatable bonds is 4. The summed E-state index contributed by atoms with van der Waals surface area (Å²) in [6.07, 6.45) is 1.18. The molecule has 3 rings (SSSR count). The molecule has 7 heteroatoms. The van der Waals surface area contributed by atoms with Gasteiger partial charge in [0.15, 0.2) is 15.7 Å². The van der Waals surface area contributed by atoms with E-state index >= 15 is 0 Å². The fourth-order valence-corrected chi connectivity index (χ4v) is 2.80. The highest BCUT2D eigenvalue weighted by Gasteiger charge is 2.14. The highest BCUT2D eigenvalue weighted by Crippen LogP contribution is 2.24. The fourth-order valence-electron chi connectivity index (χ4n) is 2.17. The molecule has 0 amide bonds. The van der Waals surface area contributed by atoms with Crippen molar-refractivity contribution in [3.63, 3.8) is 0 Å². The van der Waals surface area contributed by atoms with E-state index in [-0.39, 0.29) is 10.9 Å². The van der Waals surface area contributed by atoms with Gasteiger partial charge in [-0.2, -0.15) is 4.98 Å². The van der Waals surface area contributed by atoms with Crippen LogP contribution in [0.25, 0.3) is 17.1 Å². The van der Waals surface area contributed by atoms with Gasteiger partial charge in [-0.15, -0.1) is 5.10 Å². The quantitative estimate of drug-likeness (QED) is 0.734. The summed E-state index contributed by atoms with van der Waals surface area (Å²) in [6.45, 7) is 0. The van der Waals surface area contributed by atoms with E-state index in [1.54, 1.807) is 28.9 Å². The summed E-state index contributed by atoms with van der Waals surface area (Å²) in [5.41, 5.74) is 1.59. The first kappa shape index (κ1) is 15.2. The molecule has 0 N–H and O–H groups in total. The monoisotopic (exact) mass is 329 g/mol. The van der Waals surface area contributed by atoms with Gasteiger partial charge in [0.1, 0.15) is 0 Å². The lowest BCUT2D eigenvalue weighted by Gasteiger charge is -2.06. The second-order valence-electron chi connectivity index (χ2n) is 4.97. The summed E-state index contributed by atoms with van der Waals surface area (Å²) in [6, 6.07) is 16.3. The van der Waals surface area contributed by atoms with Crippen LogP contribution in [0.3, 0.4) is 0 Å². The second-order valence-corrected chi connectivity index (χ2v) is 6.98. The van der Waals surface area contributed by atoms with Gasteiger partial charge in [-0.05, 0) is 24.3 Å². The van der Waals surface area contributed by atoms with E-state index in [0.717, 1.165) is 5.56 Å². The molecule has 0 aliphatic rings. The van der Waals surface area contributed by atoms with Gasteiger partial charge < -0.3 is 4.74 Å². The summed E-state index contributed by atoms with van der Waals surface area (Å²) >= 11 is 0. The average Bonchev–Trinajstić information content (AvgIpc) is 2.99. The van der Waals surface area contributed by atoms with E-state index in [0.29, 0.717) is 11.5 Å². The predicted molar refractivity (Wildman–Crippen MR) is 86.5 cm³/mol. The summed E-state index contributed by atoms with van der Waals surface area (Å²) in [5.74, 6) is 0.620. The van der Waals surface area contributed by atoms with Gasteiger partial charge in [-0.3, -0.25) is 0 Å². The largest absolute Gasteiger partial charge is 0.466 e. The number of methoxy groups -OCH3 is 1. The van der Waals surface area contributed by atoms with Crippen LogP contribution in [0.15, 0.2) is 59.5 Å². The van der Waals surface area contributed by atoms with Crippen LogP contribution in [0, 0.1) is 0 Å². The van der Waals surface area contributed by atoms with Crippen LogP contribution in [0.4, 0.5) is 0 Å². The first-order valence-corrected chi connectivity index (χ1v) is 8.75. The van der Waals surface area contributed by atoms with Crippen molar-refractivity contribution in [1.29, 1.82) is 0 Å². The van der Waals surface area contributed by atoms with Crippen LogP contribution >= 0.6 is 0 Å². The standard InChI is InChI=1S/C16H15N3O3S/c1-22-16-17-15(12-6-4-3-5-7-12)19(18-16)13-8-10-14(11-9-13)23(2,20)21/h3-11H,1-2H3. The van der Waals surface area contributed by atoms with Crippen LogP contribution in [0.2, 0.25) is 0 Å². The molecule has 118 valence electrons. The molecular formula is C16H15N3O3S. The molecule has 0 bridgehead atoms. The van der Waals surface area contributed by atoms with Gasteiger partial charge in [-0.25, -0.2) is 13.1 Å². The minimum atomic E-state index is -3.23. The average molecular weight is 329 g/mol. The Hall–Kier alpha value is -2.67. The van der Waals surface area contributed by atoms with Crippen LogP contribution in [-0.2, 0) is 9.84 Å². The lowest BCUT2D eigenvalue weighted by Crippen LogP contribution is -2.02. The summed E-state index contributed by atoms with van der Waals surface area (Å²) in [7, 11) is -1.73. The minimum Gasteiger partial charge on any atom is -0.466 e. The van der Waals surface area contributed by atoms with Crippen LogP contribution in [-0.4, -0.2) is 36.5 Å². The lowest BCUT2D eigenvalue weighted by atomic mass is 10.2. The van der Waals surface area contributed by atoms with Crippen molar-refractivity contribution in [2.45, 2.75) is 4.90 Å². The van der Waals surface area contributed by atoms with Crippen molar-refractivity contribution in [3.8, 4) is 23.1 Å². The zero-order chi connectivity index (χ0) is 16.4. The molecule has 1 heterocycles. The predicted octanol–water partition coefficient (Wildman–Crippen LogP) is 2.35. The minimum absolute atomic E-state index is 0.246. The maximum Gasteiger partial charge on any atom is 0.336 e. The number of aromatic nitrogens is 3. The third kappa shape index (κ3) is 3.09. The molecule has 1 aromatic heterocycles. The molecule has 0 radical (unpaired) electrons. The molecule has 0 aliphatic heterocycles. The first-order chi connectivity index (χ1) is 11.0. The van der Waals surface area contributed by atoms with E-state index in [2.05, 4.69) is 10.1 Å². The topological polar surface area (TPSA) is 74.1 Å². The zero-order valence-electron chi connectivity index (χ0n) is 12.7. The van der Waals surface area contributed by atoms with Crippen LogP contribution in [0.1, 0.15) is 0 Å². The first-order valence-electron chi connectivity index (χ1n) is 6.86. The van der Waals surface area contributed by atoms with Crippen molar-refractivity contribution in [2.24, 2.45) is 0 Å². The Bertz CT molecular complexity index is 917. The number of hydrogen-bond donors (Lipinski definition) is 0. The highest BCUT2D eigenvalue weighted by atomic mass is 32.2.